The number of nitrogens with zero attached hydrogens (tertiary/aromatic N) is 1. The van der Waals surface area contributed by atoms with Gasteiger partial charge in [-0.3, -0.25) is 4.79 Å². The van der Waals surface area contributed by atoms with E-state index >= 15 is 0 Å². The molecule has 4 heteroatoms. The second-order valence-corrected chi connectivity index (χ2v) is 3.88. The molecular weight excluding hydrogens is 216 g/mol. The summed E-state index contributed by atoms with van der Waals surface area (Å²) in [5, 5.41) is 2.61. The second kappa shape index (κ2) is 4.91. The molecule has 17 heavy (non-hydrogen) atoms. The number of hydrogen-bond donors (Lipinski definition) is 1. The van der Waals surface area contributed by atoms with Crippen LogP contribution in [0.15, 0.2) is 36.9 Å². The number of ether oxygens (including phenoxy) is 1. The standard InChI is InChI=1S/C13H16N2O2/c1-3-8-15-9-12(13(16)14-2)17-11-7-5-4-6-10(11)15/h3-7,12H,1,8-9H2,2H3,(H,14,16)/t12-/m0/s1. The molecule has 0 spiro atoms. The molecule has 1 aliphatic heterocycles. The van der Waals surface area contributed by atoms with Crippen LogP contribution < -0.4 is 15.0 Å². The van der Waals surface area contributed by atoms with Crippen LogP contribution in [0.25, 0.3) is 0 Å². The van der Waals surface area contributed by atoms with Crippen molar-refractivity contribution in [3.8, 4) is 5.75 Å². The van der Waals surface area contributed by atoms with Gasteiger partial charge in [-0.2, -0.15) is 0 Å². The number of anilines is 1. The van der Waals surface area contributed by atoms with Crippen molar-refractivity contribution in [2.75, 3.05) is 25.0 Å². The van der Waals surface area contributed by atoms with Crippen molar-refractivity contribution in [3.63, 3.8) is 0 Å². The zero-order valence-electron chi connectivity index (χ0n) is 9.85. The first-order chi connectivity index (χ1) is 8.26. The molecule has 0 aliphatic carbocycles. The van der Waals surface area contributed by atoms with E-state index in [2.05, 4.69) is 16.8 Å². The summed E-state index contributed by atoms with van der Waals surface area (Å²) >= 11 is 0. The summed E-state index contributed by atoms with van der Waals surface area (Å²) in [5.74, 6) is 0.641. The van der Waals surface area contributed by atoms with Gasteiger partial charge >= 0.3 is 0 Å². The maximum absolute atomic E-state index is 11.6. The Labute approximate surface area is 101 Å². The van der Waals surface area contributed by atoms with Gasteiger partial charge in [0.05, 0.1) is 12.2 Å². The third-order valence-corrected chi connectivity index (χ3v) is 2.75. The number of fused-ring (bicyclic) bond motifs is 1. The molecule has 1 aromatic rings. The van der Waals surface area contributed by atoms with Gasteiger partial charge in [0, 0.05) is 13.6 Å². The highest BCUT2D eigenvalue weighted by atomic mass is 16.5. The summed E-state index contributed by atoms with van der Waals surface area (Å²) in [4.78, 5) is 13.7. The zero-order chi connectivity index (χ0) is 12.3. The van der Waals surface area contributed by atoms with E-state index in [1.807, 2.05) is 30.3 Å². The lowest BCUT2D eigenvalue weighted by Crippen LogP contribution is -2.48. The molecule has 90 valence electrons. The predicted molar refractivity (Wildman–Crippen MR) is 67.3 cm³/mol. The summed E-state index contributed by atoms with van der Waals surface area (Å²) in [6.45, 7) is 4.98. The Morgan fingerprint density at radius 3 is 3.12 bits per heavy atom. The average molecular weight is 232 g/mol. The molecule has 1 aromatic carbocycles. The van der Waals surface area contributed by atoms with Crippen molar-refractivity contribution in [1.29, 1.82) is 0 Å². The van der Waals surface area contributed by atoms with Crippen LogP contribution >= 0.6 is 0 Å². The summed E-state index contributed by atoms with van der Waals surface area (Å²) in [6.07, 6.45) is 1.36. The zero-order valence-corrected chi connectivity index (χ0v) is 9.85. The lowest BCUT2D eigenvalue weighted by atomic mass is 10.2. The van der Waals surface area contributed by atoms with E-state index in [9.17, 15) is 4.79 Å². The molecule has 1 heterocycles. The molecule has 0 saturated carbocycles. The minimum Gasteiger partial charge on any atom is -0.477 e. The van der Waals surface area contributed by atoms with E-state index in [1.165, 1.54) is 0 Å². The van der Waals surface area contributed by atoms with Crippen molar-refractivity contribution in [2.24, 2.45) is 0 Å². The highest BCUT2D eigenvalue weighted by Gasteiger charge is 2.29. The van der Waals surface area contributed by atoms with Gasteiger partial charge in [-0.25, -0.2) is 0 Å². The van der Waals surface area contributed by atoms with Gasteiger partial charge in [0.15, 0.2) is 6.10 Å². The number of amides is 1. The SMILES string of the molecule is C=CCN1C[C@@H](C(=O)NC)Oc2ccccc21. The van der Waals surface area contributed by atoms with Gasteiger partial charge in [-0.15, -0.1) is 6.58 Å². The number of carbonyl (C=O) groups is 1. The summed E-state index contributed by atoms with van der Waals surface area (Å²) in [5.41, 5.74) is 1.01. The van der Waals surface area contributed by atoms with Gasteiger partial charge in [-0.05, 0) is 12.1 Å². The van der Waals surface area contributed by atoms with E-state index in [4.69, 9.17) is 4.74 Å². The van der Waals surface area contributed by atoms with Crippen LogP contribution in [-0.4, -0.2) is 32.1 Å². The van der Waals surface area contributed by atoms with Crippen LogP contribution in [0.4, 0.5) is 5.69 Å². The second-order valence-electron chi connectivity index (χ2n) is 3.88. The maximum atomic E-state index is 11.6. The first-order valence-electron chi connectivity index (χ1n) is 5.59. The average Bonchev–Trinajstić information content (AvgIpc) is 2.38. The molecule has 0 bridgehead atoms. The highest BCUT2D eigenvalue weighted by Crippen LogP contribution is 2.32. The quantitative estimate of drug-likeness (QED) is 0.796. The van der Waals surface area contributed by atoms with E-state index in [0.29, 0.717) is 13.1 Å². The first-order valence-corrected chi connectivity index (χ1v) is 5.59. The molecule has 0 unspecified atom stereocenters. The number of hydrogen-bond acceptors (Lipinski definition) is 3. The number of likely N-dealkylation sites (N-methyl/N-ethyl adjacent to an activating group) is 1. The molecule has 0 radical (unpaired) electrons. The molecule has 0 saturated heterocycles. The van der Waals surface area contributed by atoms with Crippen LogP contribution in [0.2, 0.25) is 0 Å². The van der Waals surface area contributed by atoms with Gasteiger partial charge in [-0.1, -0.05) is 18.2 Å². The Hall–Kier alpha value is -1.97. The van der Waals surface area contributed by atoms with Crippen molar-refractivity contribution < 1.29 is 9.53 Å². The number of para-hydroxylation sites is 2. The fraction of sp³-hybridized carbons (Fsp3) is 0.308. The summed E-state index contributed by atoms with van der Waals surface area (Å²) in [6, 6.07) is 7.72. The smallest absolute Gasteiger partial charge is 0.262 e. The van der Waals surface area contributed by atoms with Gasteiger partial charge < -0.3 is 15.0 Å². The number of benzene rings is 1. The largest absolute Gasteiger partial charge is 0.477 e. The van der Waals surface area contributed by atoms with Crippen LogP contribution in [0, 0.1) is 0 Å². The molecule has 1 aliphatic rings. The van der Waals surface area contributed by atoms with Crippen molar-refractivity contribution in [3.05, 3.63) is 36.9 Å². The van der Waals surface area contributed by atoms with Crippen molar-refractivity contribution in [1.82, 2.24) is 5.32 Å². The number of nitrogens with one attached hydrogen (secondary N) is 1. The van der Waals surface area contributed by atoms with Gasteiger partial charge in [0.25, 0.3) is 5.91 Å². The van der Waals surface area contributed by atoms with Crippen LogP contribution in [0.1, 0.15) is 0 Å². The fourth-order valence-electron chi connectivity index (χ4n) is 1.93. The molecule has 2 rings (SSSR count). The predicted octanol–water partition coefficient (Wildman–Crippen LogP) is 1.19. The first kappa shape index (κ1) is 11.5. The third kappa shape index (κ3) is 2.25. The molecular formula is C13H16N2O2. The monoisotopic (exact) mass is 232 g/mol. The summed E-state index contributed by atoms with van der Waals surface area (Å²) in [7, 11) is 1.62. The van der Waals surface area contributed by atoms with Gasteiger partial charge in [0.1, 0.15) is 5.75 Å². The minimum atomic E-state index is -0.463. The molecule has 4 nitrogen and oxygen atoms in total. The Balaban J connectivity index is 2.28. The molecule has 1 atom stereocenters. The summed E-state index contributed by atoms with van der Waals surface area (Å²) < 4.78 is 5.67. The molecule has 0 fully saturated rings. The normalized spacial score (nSPS) is 17.9. The van der Waals surface area contributed by atoms with Crippen molar-refractivity contribution in [2.45, 2.75) is 6.10 Å². The maximum Gasteiger partial charge on any atom is 0.262 e. The number of rotatable bonds is 3. The van der Waals surface area contributed by atoms with Gasteiger partial charge in [0.2, 0.25) is 0 Å². The van der Waals surface area contributed by atoms with Crippen LogP contribution in [0.3, 0.4) is 0 Å². The minimum absolute atomic E-state index is 0.103. The Morgan fingerprint density at radius 1 is 1.65 bits per heavy atom. The Kier molecular flexibility index (Phi) is 3.32. The molecule has 1 amide bonds. The van der Waals surface area contributed by atoms with Crippen LogP contribution in [-0.2, 0) is 4.79 Å². The van der Waals surface area contributed by atoms with E-state index in [0.717, 1.165) is 11.4 Å². The molecule has 1 N–H and O–H groups in total. The highest BCUT2D eigenvalue weighted by molar-refractivity contribution is 5.83. The number of carbonyl (C=O) groups excluding carboxylic acids is 1. The van der Waals surface area contributed by atoms with Crippen LogP contribution in [0.5, 0.6) is 5.75 Å². The lowest BCUT2D eigenvalue weighted by Gasteiger charge is -2.34. The van der Waals surface area contributed by atoms with E-state index < -0.39 is 6.10 Å². The molecule has 0 aromatic heterocycles. The van der Waals surface area contributed by atoms with E-state index in [1.54, 1.807) is 7.05 Å². The van der Waals surface area contributed by atoms with Crippen molar-refractivity contribution >= 4 is 11.6 Å². The Bertz CT molecular complexity index is 431. The topological polar surface area (TPSA) is 41.6 Å². The van der Waals surface area contributed by atoms with E-state index in [-0.39, 0.29) is 5.91 Å². The Morgan fingerprint density at radius 2 is 2.41 bits per heavy atom. The lowest BCUT2D eigenvalue weighted by molar-refractivity contribution is -0.127. The third-order valence-electron chi connectivity index (χ3n) is 2.75. The fourth-order valence-corrected chi connectivity index (χ4v) is 1.93.